The Balaban J connectivity index is 1.76. The number of aromatic nitrogens is 4. The van der Waals surface area contributed by atoms with Crippen LogP contribution in [0.5, 0.6) is 0 Å². The van der Waals surface area contributed by atoms with E-state index >= 15 is 0 Å². The van der Waals surface area contributed by atoms with Crippen LogP contribution < -0.4 is 4.90 Å². The van der Waals surface area contributed by atoms with Gasteiger partial charge in [-0.2, -0.15) is 4.52 Å². The molecule has 6 heteroatoms. The van der Waals surface area contributed by atoms with E-state index in [1.54, 1.807) is 4.52 Å². The lowest BCUT2D eigenvalue weighted by Gasteiger charge is -2.27. The Morgan fingerprint density at radius 3 is 3.11 bits per heavy atom. The first kappa shape index (κ1) is 12.3. The van der Waals surface area contributed by atoms with E-state index in [0.29, 0.717) is 5.92 Å². The van der Waals surface area contributed by atoms with Gasteiger partial charge < -0.3 is 9.64 Å². The summed E-state index contributed by atoms with van der Waals surface area (Å²) in [6, 6.07) is 3.95. The SMILES string of the molecule is Cc1nnc2ccc(N(C)CC3CCCOC3)nn12. The molecule has 2 aromatic rings. The highest BCUT2D eigenvalue weighted by molar-refractivity contribution is 5.45. The molecule has 6 nitrogen and oxygen atoms in total. The molecule has 1 aliphatic heterocycles. The maximum atomic E-state index is 5.52. The Hall–Kier alpha value is -1.69. The van der Waals surface area contributed by atoms with E-state index in [2.05, 4.69) is 27.2 Å². The number of hydrogen-bond acceptors (Lipinski definition) is 5. The van der Waals surface area contributed by atoms with Crippen molar-refractivity contribution in [2.45, 2.75) is 19.8 Å². The van der Waals surface area contributed by atoms with E-state index < -0.39 is 0 Å². The summed E-state index contributed by atoms with van der Waals surface area (Å²) in [7, 11) is 2.07. The fraction of sp³-hybridized carbons (Fsp3) is 0.615. The summed E-state index contributed by atoms with van der Waals surface area (Å²) in [5.74, 6) is 2.35. The Labute approximate surface area is 112 Å². The molecule has 2 aromatic heterocycles. The molecule has 0 radical (unpaired) electrons. The zero-order valence-corrected chi connectivity index (χ0v) is 11.4. The summed E-state index contributed by atoms with van der Waals surface area (Å²) in [4.78, 5) is 2.18. The summed E-state index contributed by atoms with van der Waals surface area (Å²) >= 11 is 0. The molecule has 3 rings (SSSR count). The van der Waals surface area contributed by atoms with Crippen LogP contribution in [0.2, 0.25) is 0 Å². The number of ether oxygens (including phenoxy) is 1. The number of hydrogen-bond donors (Lipinski definition) is 0. The first-order valence-electron chi connectivity index (χ1n) is 6.72. The summed E-state index contributed by atoms with van der Waals surface area (Å²) in [5.41, 5.74) is 0.788. The standard InChI is InChI=1S/C13H19N5O/c1-10-14-15-12-5-6-13(16-18(10)12)17(2)8-11-4-3-7-19-9-11/h5-6,11H,3-4,7-9H2,1-2H3. The summed E-state index contributed by atoms with van der Waals surface area (Å²) in [6.07, 6.45) is 2.40. The molecule has 0 aromatic carbocycles. The minimum absolute atomic E-state index is 0.596. The van der Waals surface area contributed by atoms with Crippen LogP contribution in [0.4, 0.5) is 5.82 Å². The van der Waals surface area contributed by atoms with Gasteiger partial charge in [0.2, 0.25) is 0 Å². The van der Waals surface area contributed by atoms with Crippen LogP contribution in [0.1, 0.15) is 18.7 Å². The van der Waals surface area contributed by atoms with Crippen molar-refractivity contribution in [2.75, 3.05) is 31.7 Å². The molecule has 3 heterocycles. The van der Waals surface area contributed by atoms with Gasteiger partial charge >= 0.3 is 0 Å². The molecule has 19 heavy (non-hydrogen) atoms. The van der Waals surface area contributed by atoms with Crippen LogP contribution in [0.25, 0.3) is 5.65 Å². The zero-order valence-electron chi connectivity index (χ0n) is 11.4. The minimum Gasteiger partial charge on any atom is -0.381 e. The number of aryl methyl sites for hydroxylation is 1. The van der Waals surface area contributed by atoms with Crippen molar-refractivity contribution in [2.24, 2.45) is 5.92 Å². The van der Waals surface area contributed by atoms with Gasteiger partial charge in [0.1, 0.15) is 5.82 Å². The Bertz CT molecular complexity index is 561. The van der Waals surface area contributed by atoms with Crippen molar-refractivity contribution in [3.05, 3.63) is 18.0 Å². The highest BCUT2D eigenvalue weighted by Crippen LogP contribution is 2.18. The van der Waals surface area contributed by atoms with Crippen molar-refractivity contribution in [1.29, 1.82) is 0 Å². The molecule has 1 fully saturated rings. The Kier molecular flexibility index (Phi) is 3.33. The second-order valence-corrected chi connectivity index (χ2v) is 5.17. The second-order valence-electron chi connectivity index (χ2n) is 5.17. The first-order chi connectivity index (χ1) is 9.24. The largest absolute Gasteiger partial charge is 0.381 e. The van der Waals surface area contributed by atoms with Crippen LogP contribution in [0, 0.1) is 12.8 Å². The molecular formula is C13H19N5O. The molecular weight excluding hydrogens is 242 g/mol. The third kappa shape index (κ3) is 2.53. The van der Waals surface area contributed by atoms with Crippen LogP contribution >= 0.6 is 0 Å². The molecule has 1 saturated heterocycles. The van der Waals surface area contributed by atoms with Crippen LogP contribution in [0.15, 0.2) is 12.1 Å². The van der Waals surface area contributed by atoms with Gasteiger partial charge in [-0.05, 0) is 37.8 Å². The van der Waals surface area contributed by atoms with Gasteiger partial charge in [0.05, 0.1) is 6.61 Å². The highest BCUT2D eigenvalue weighted by atomic mass is 16.5. The maximum Gasteiger partial charge on any atom is 0.178 e. The Morgan fingerprint density at radius 1 is 1.42 bits per heavy atom. The minimum atomic E-state index is 0.596. The number of anilines is 1. The van der Waals surface area contributed by atoms with Gasteiger partial charge in [0, 0.05) is 20.2 Å². The molecule has 0 bridgehead atoms. The quantitative estimate of drug-likeness (QED) is 0.833. The molecule has 0 aliphatic carbocycles. The molecule has 1 unspecified atom stereocenters. The molecule has 0 saturated carbocycles. The van der Waals surface area contributed by atoms with Crippen molar-refractivity contribution < 1.29 is 4.74 Å². The average molecular weight is 261 g/mol. The first-order valence-corrected chi connectivity index (χ1v) is 6.72. The topological polar surface area (TPSA) is 55.5 Å². The summed E-state index contributed by atoms with van der Waals surface area (Å²) < 4.78 is 7.30. The predicted octanol–water partition coefficient (Wildman–Crippen LogP) is 1.30. The second kappa shape index (κ2) is 5.13. The van der Waals surface area contributed by atoms with Gasteiger partial charge in [-0.1, -0.05) is 0 Å². The smallest absolute Gasteiger partial charge is 0.178 e. The van der Waals surface area contributed by atoms with Gasteiger partial charge in [0.25, 0.3) is 0 Å². The third-order valence-electron chi connectivity index (χ3n) is 3.58. The van der Waals surface area contributed by atoms with Crippen molar-refractivity contribution in [1.82, 2.24) is 19.8 Å². The van der Waals surface area contributed by atoms with Gasteiger partial charge in [-0.3, -0.25) is 0 Å². The van der Waals surface area contributed by atoms with E-state index in [-0.39, 0.29) is 0 Å². The number of fused-ring (bicyclic) bond motifs is 1. The third-order valence-corrected chi connectivity index (χ3v) is 3.58. The monoisotopic (exact) mass is 261 g/mol. The van der Waals surface area contributed by atoms with Gasteiger partial charge in [0.15, 0.2) is 11.5 Å². The van der Waals surface area contributed by atoms with E-state index in [1.807, 2.05) is 19.1 Å². The summed E-state index contributed by atoms with van der Waals surface area (Å²) in [5, 5.41) is 12.6. The molecule has 0 amide bonds. The van der Waals surface area contributed by atoms with Crippen molar-refractivity contribution in [3.8, 4) is 0 Å². The fourth-order valence-electron chi connectivity index (χ4n) is 2.52. The van der Waals surface area contributed by atoms with E-state index in [1.165, 1.54) is 6.42 Å². The molecule has 1 atom stereocenters. The van der Waals surface area contributed by atoms with E-state index in [0.717, 1.165) is 43.5 Å². The van der Waals surface area contributed by atoms with Gasteiger partial charge in [-0.25, -0.2) is 0 Å². The Morgan fingerprint density at radius 2 is 2.32 bits per heavy atom. The van der Waals surface area contributed by atoms with Crippen LogP contribution in [0.3, 0.4) is 0 Å². The number of rotatable bonds is 3. The summed E-state index contributed by atoms with van der Waals surface area (Å²) in [6.45, 7) is 4.65. The van der Waals surface area contributed by atoms with E-state index in [4.69, 9.17) is 4.74 Å². The van der Waals surface area contributed by atoms with Crippen molar-refractivity contribution in [3.63, 3.8) is 0 Å². The van der Waals surface area contributed by atoms with Crippen LogP contribution in [-0.2, 0) is 4.74 Å². The molecule has 102 valence electrons. The average Bonchev–Trinajstić information content (AvgIpc) is 2.81. The molecule has 0 N–H and O–H groups in total. The number of nitrogens with zero attached hydrogens (tertiary/aromatic N) is 5. The van der Waals surface area contributed by atoms with Crippen LogP contribution in [-0.4, -0.2) is 46.6 Å². The molecule has 1 aliphatic rings. The lowest BCUT2D eigenvalue weighted by molar-refractivity contribution is 0.0576. The van der Waals surface area contributed by atoms with Gasteiger partial charge in [-0.15, -0.1) is 15.3 Å². The lowest BCUT2D eigenvalue weighted by Crippen LogP contribution is -2.31. The molecule has 0 spiro atoms. The predicted molar refractivity (Wildman–Crippen MR) is 72.3 cm³/mol. The van der Waals surface area contributed by atoms with E-state index in [9.17, 15) is 0 Å². The zero-order chi connectivity index (χ0) is 13.2. The normalized spacial score (nSPS) is 19.8. The highest BCUT2D eigenvalue weighted by Gasteiger charge is 2.17. The lowest BCUT2D eigenvalue weighted by atomic mass is 10.0. The van der Waals surface area contributed by atoms with Crippen molar-refractivity contribution >= 4 is 11.5 Å². The maximum absolute atomic E-state index is 5.52. The fourth-order valence-corrected chi connectivity index (χ4v) is 2.52.